The molecule has 5 aromatic carbocycles. The van der Waals surface area contributed by atoms with Crippen LogP contribution in [-0.2, 0) is 55.2 Å². The van der Waals surface area contributed by atoms with Gasteiger partial charge < -0.3 is 15.2 Å². The van der Waals surface area contributed by atoms with E-state index >= 15 is 0 Å². The number of aromatic nitrogens is 2. The summed E-state index contributed by atoms with van der Waals surface area (Å²) in [4.78, 5) is 29.3. The summed E-state index contributed by atoms with van der Waals surface area (Å²) in [6.07, 6.45) is 4.18. The van der Waals surface area contributed by atoms with Gasteiger partial charge in [-0.15, -0.1) is 65.2 Å². The van der Waals surface area contributed by atoms with Gasteiger partial charge in [-0.25, -0.2) is 0 Å². The van der Waals surface area contributed by atoms with Gasteiger partial charge in [-0.3, -0.25) is 14.6 Å². The number of pyridine rings is 2. The molecule has 2 radical (unpaired) electrons. The van der Waals surface area contributed by atoms with Gasteiger partial charge in [-0.2, -0.15) is 0 Å². The maximum absolute atomic E-state index is 10.0. The first-order valence-electron chi connectivity index (χ1n) is 17.9. The average molecular weight is 1110 g/mol. The first kappa shape index (κ1) is 46.0. The topological polar surface area (TPSA) is 100 Å². The van der Waals surface area contributed by atoms with Crippen molar-refractivity contribution in [3.63, 3.8) is 0 Å². The van der Waals surface area contributed by atoms with Crippen LogP contribution in [0.25, 0.3) is 55.3 Å². The molecule has 8 heteroatoms. The summed E-state index contributed by atoms with van der Waals surface area (Å²) in [7, 11) is 0. The Hall–Kier alpha value is -5.36. The Bertz CT molecular complexity index is 2490. The SMILES string of the molecule is CC(=O)C=C(C)O.CC(=O)C=C(C)O.CC1(C)c2ccccc2-c2c[c-]c(-c3ccc4ccccc4n3)cc21.[Ir].[Ir].[c-]1ccccc1-c1nccc2ccccc12. The smallest absolute Gasteiger partial charge is 0.155 e. The van der Waals surface area contributed by atoms with Gasteiger partial charge in [0.05, 0.1) is 17.0 Å². The number of nitrogens with zero attached hydrogens (tertiary/aromatic N) is 2. The van der Waals surface area contributed by atoms with Crippen molar-refractivity contribution in [1.29, 1.82) is 0 Å². The summed E-state index contributed by atoms with van der Waals surface area (Å²) < 4.78 is 0. The Morgan fingerprint density at radius 2 is 1.25 bits per heavy atom. The van der Waals surface area contributed by atoms with E-state index in [1.807, 2.05) is 60.8 Å². The minimum absolute atomic E-state index is 0. The molecule has 6 nitrogen and oxygen atoms in total. The number of hydrogen-bond acceptors (Lipinski definition) is 6. The molecular weight excluding hydrogens is 1060 g/mol. The second-order valence-electron chi connectivity index (χ2n) is 13.7. The molecule has 8 rings (SSSR count). The molecule has 7 aromatic rings. The summed E-state index contributed by atoms with van der Waals surface area (Å²) in [6.45, 7) is 10.3. The first-order chi connectivity index (χ1) is 26.3. The molecule has 0 atom stereocenters. The Balaban J connectivity index is 0.000000234. The van der Waals surface area contributed by atoms with E-state index in [1.54, 1.807) is 0 Å². The minimum Gasteiger partial charge on any atom is -0.512 e. The fourth-order valence-electron chi connectivity index (χ4n) is 6.47. The minimum atomic E-state index is -0.125. The molecule has 0 amide bonds. The number of para-hydroxylation sites is 1. The molecule has 1 aliphatic rings. The molecule has 0 bridgehead atoms. The molecule has 2 heterocycles. The van der Waals surface area contributed by atoms with Gasteiger partial charge in [0.1, 0.15) is 0 Å². The molecule has 0 fully saturated rings. The van der Waals surface area contributed by atoms with E-state index in [0.29, 0.717) is 0 Å². The Kier molecular flexibility index (Phi) is 17.2. The molecule has 0 saturated carbocycles. The number of allylic oxidation sites excluding steroid dienone is 4. The van der Waals surface area contributed by atoms with Gasteiger partial charge in [0.2, 0.25) is 0 Å². The summed E-state index contributed by atoms with van der Waals surface area (Å²) >= 11 is 0. The zero-order valence-electron chi connectivity index (χ0n) is 32.6. The number of aliphatic hydroxyl groups excluding tert-OH is 2. The Morgan fingerprint density at radius 3 is 1.88 bits per heavy atom. The summed E-state index contributed by atoms with van der Waals surface area (Å²) in [6, 6.07) is 50.5. The summed E-state index contributed by atoms with van der Waals surface area (Å²) in [5, 5.41) is 20.3. The number of fused-ring (bicyclic) bond motifs is 5. The summed E-state index contributed by atoms with van der Waals surface area (Å²) in [5.74, 6) is -0.125. The molecule has 1 aliphatic carbocycles. The van der Waals surface area contributed by atoms with E-state index in [-0.39, 0.29) is 68.7 Å². The average Bonchev–Trinajstić information content (AvgIpc) is 3.40. The van der Waals surface area contributed by atoms with Gasteiger partial charge in [0, 0.05) is 58.6 Å². The maximum Gasteiger partial charge on any atom is 0.155 e. The quantitative estimate of drug-likeness (QED) is 0.103. The monoisotopic (exact) mass is 1110 g/mol. The molecule has 2 N–H and O–H groups in total. The number of ketones is 2. The van der Waals surface area contributed by atoms with Crippen LogP contribution in [0.1, 0.15) is 52.7 Å². The number of rotatable bonds is 4. The normalized spacial score (nSPS) is 12.0. The van der Waals surface area contributed by atoms with Crippen LogP contribution in [0.5, 0.6) is 0 Å². The number of benzene rings is 5. The molecule has 294 valence electrons. The predicted octanol–water partition coefficient (Wildman–Crippen LogP) is 11.8. The van der Waals surface area contributed by atoms with Gasteiger partial charge in [-0.1, -0.05) is 104 Å². The van der Waals surface area contributed by atoms with Gasteiger partial charge in [-0.05, 0) is 78.4 Å². The van der Waals surface area contributed by atoms with Crippen LogP contribution in [0.2, 0.25) is 0 Å². The number of carbonyl (C=O) groups excluding carboxylic acids is 2. The van der Waals surface area contributed by atoms with Crippen molar-refractivity contribution in [2.75, 3.05) is 0 Å². The van der Waals surface area contributed by atoms with Crippen LogP contribution >= 0.6 is 0 Å². The van der Waals surface area contributed by atoms with Crippen LogP contribution in [0.15, 0.2) is 157 Å². The fourth-order valence-corrected chi connectivity index (χ4v) is 6.47. The van der Waals surface area contributed by atoms with Crippen molar-refractivity contribution in [3.8, 4) is 33.6 Å². The van der Waals surface area contributed by atoms with Crippen LogP contribution in [-0.4, -0.2) is 31.7 Å². The van der Waals surface area contributed by atoms with Gasteiger partial charge in [0.15, 0.2) is 11.6 Å². The largest absolute Gasteiger partial charge is 0.512 e. The molecule has 0 spiro atoms. The molecule has 2 aromatic heterocycles. The zero-order chi connectivity index (χ0) is 39.5. The van der Waals surface area contributed by atoms with Gasteiger partial charge >= 0.3 is 0 Å². The van der Waals surface area contributed by atoms with Crippen molar-refractivity contribution < 1.29 is 60.0 Å². The van der Waals surface area contributed by atoms with Crippen molar-refractivity contribution in [3.05, 3.63) is 181 Å². The Labute approximate surface area is 362 Å². The van der Waals surface area contributed by atoms with Crippen molar-refractivity contribution in [1.82, 2.24) is 9.97 Å². The van der Waals surface area contributed by atoms with E-state index in [9.17, 15) is 9.59 Å². The predicted molar refractivity (Wildman–Crippen MR) is 224 cm³/mol. The Morgan fingerprint density at radius 1 is 0.632 bits per heavy atom. The van der Waals surface area contributed by atoms with E-state index in [1.165, 1.54) is 78.3 Å². The van der Waals surface area contributed by atoms with E-state index in [2.05, 4.69) is 104 Å². The number of carbonyl (C=O) groups is 2. The third-order valence-corrected chi connectivity index (χ3v) is 8.85. The molecule has 57 heavy (non-hydrogen) atoms. The number of aliphatic hydroxyl groups is 2. The van der Waals surface area contributed by atoms with Crippen LogP contribution in [0, 0.1) is 12.1 Å². The van der Waals surface area contributed by atoms with Gasteiger partial charge in [0.25, 0.3) is 0 Å². The second-order valence-corrected chi connectivity index (χ2v) is 13.7. The first-order valence-corrected chi connectivity index (χ1v) is 17.9. The van der Waals surface area contributed by atoms with E-state index in [0.717, 1.165) is 28.0 Å². The number of hydrogen-bond donors (Lipinski definition) is 2. The molecular formula is C49H44Ir2N2O4-2. The van der Waals surface area contributed by atoms with E-state index in [4.69, 9.17) is 15.2 Å². The molecule has 0 unspecified atom stereocenters. The molecule has 0 saturated heterocycles. The zero-order valence-corrected chi connectivity index (χ0v) is 37.4. The van der Waals surface area contributed by atoms with E-state index < -0.39 is 0 Å². The standard InChI is InChI=1S/C24H18N.C15H10N.2C5H8O2.2Ir/c1-24(2)20-9-5-4-8-18(20)19-13-11-17(15-21(19)24)23-14-12-16-7-3-6-10-22(16)25-23;1-2-7-13(8-3-1)15-14-9-5-4-6-12(14)10-11-16-15;2*1-4(6)3-5(2)7;;/h3-10,12-15H,1-2H3;1-7,9-11H;2*3,6H,1-2H3;;/q2*-1;;;;. The van der Waals surface area contributed by atoms with Crippen molar-refractivity contribution in [2.24, 2.45) is 0 Å². The van der Waals surface area contributed by atoms with Crippen molar-refractivity contribution in [2.45, 2.75) is 47.0 Å². The third kappa shape index (κ3) is 12.1. The maximum atomic E-state index is 10.0. The fraction of sp³-hybridized carbons (Fsp3) is 0.143. The third-order valence-electron chi connectivity index (χ3n) is 8.85. The summed E-state index contributed by atoms with van der Waals surface area (Å²) in [5.41, 5.74) is 10.5. The molecule has 0 aliphatic heterocycles. The van der Waals surface area contributed by atoms with Crippen molar-refractivity contribution >= 4 is 33.2 Å². The van der Waals surface area contributed by atoms with Crippen LogP contribution < -0.4 is 0 Å². The van der Waals surface area contributed by atoms with Crippen LogP contribution in [0.3, 0.4) is 0 Å². The second kappa shape index (κ2) is 21.2. The van der Waals surface area contributed by atoms with Crippen LogP contribution in [0.4, 0.5) is 0 Å².